The van der Waals surface area contributed by atoms with Crippen molar-refractivity contribution in [2.45, 2.75) is 50.7 Å². The predicted octanol–water partition coefficient (Wildman–Crippen LogP) is 2.98. The lowest BCUT2D eigenvalue weighted by molar-refractivity contribution is -0.0231. The second-order valence-corrected chi connectivity index (χ2v) is 8.40. The molecule has 1 aliphatic carbocycles. The lowest BCUT2D eigenvalue weighted by Crippen LogP contribution is -2.39. The summed E-state index contributed by atoms with van der Waals surface area (Å²) in [4.78, 5) is 28.5. The number of rotatable bonds is 8. The van der Waals surface area contributed by atoms with Crippen molar-refractivity contribution in [1.29, 1.82) is 0 Å². The maximum Gasteiger partial charge on any atom is 0.278 e. The van der Waals surface area contributed by atoms with Gasteiger partial charge in [-0.1, -0.05) is 0 Å². The molecule has 0 spiro atoms. The Labute approximate surface area is 194 Å². The highest BCUT2D eigenvalue weighted by Gasteiger charge is 2.26. The van der Waals surface area contributed by atoms with Crippen molar-refractivity contribution in [3.8, 4) is 11.6 Å². The summed E-state index contributed by atoms with van der Waals surface area (Å²) in [5.41, 5.74) is 6.53. The van der Waals surface area contributed by atoms with E-state index >= 15 is 0 Å². The molecule has 0 saturated heterocycles. The monoisotopic (exact) mass is 473 g/mol. The number of halogens is 2. The standard InChI is InChI=1S/C23H25F2N5O4/c1-23(24,25)13-33-16-8-9-19-18(11-28-30(19)12-16)21(32)29-14-4-6-15(7-5-14)34-22-17(20(26)31)3-2-10-27-22/h2-3,8-12,14-15H,4-7,13H2,1H3,(H2,26,31)(H,29,32)/t14-,15-. The zero-order valence-corrected chi connectivity index (χ0v) is 18.5. The summed E-state index contributed by atoms with van der Waals surface area (Å²) >= 11 is 0. The maximum absolute atomic E-state index is 13.0. The van der Waals surface area contributed by atoms with Gasteiger partial charge in [-0.25, -0.2) is 18.3 Å². The van der Waals surface area contributed by atoms with E-state index in [9.17, 15) is 18.4 Å². The van der Waals surface area contributed by atoms with E-state index in [0.29, 0.717) is 36.8 Å². The van der Waals surface area contributed by atoms with Crippen molar-refractivity contribution in [2.24, 2.45) is 5.73 Å². The van der Waals surface area contributed by atoms with Gasteiger partial charge in [0.2, 0.25) is 5.88 Å². The Morgan fingerprint density at radius 1 is 1.21 bits per heavy atom. The molecule has 180 valence electrons. The summed E-state index contributed by atoms with van der Waals surface area (Å²) in [7, 11) is 0. The number of pyridine rings is 2. The highest BCUT2D eigenvalue weighted by atomic mass is 19.3. The first kappa shape index (κ1) is 23.4. The SMILES string of the molecule is CC(F)(F)COc1ccc2c(C(=O)N[C@H]3CC[C@H](Oc4ncccc4C(N)=O)CC3)cnn2c1. The molecule has 11 heteroatoms. The van der Waals surface area contributed by atoms with Crippen LogP contribution in [0.4, 0.5) is 8.78 Å². The number of amides is 2. The number of hydrogen-bond acceptors (Lipinski definition) is 6. The van der Waals surface area contributed by atoms with E-state index in [1.54, 1.807) is 18.2 Å². The number of aromatic nitrogens is 3. The molecule has 3 aromatic rings. The van der Waals surface area contributed by atoms with E-state index in [-0.39, 0.29) is 35.2 Å². The molecule has 0 aliphatic heterocycles. The molecule has 3 heterocycles. The van der Waals surface area contributed by atoms with Crippen LogP contribution in [-0.2, 0) is 0 Å². The number of primary amides is 1. The number of fused-ring (bicyclic) bond motifs is 1. The van der Waals surface area contributed by atoms with Gasteiger partial charge in [0.1, 0.15) is 17.4 Å². The van der Waals surface area contributed by atoms with Crippen LogP contribution in [0.3, 0.4) is 0 Å². The summed E-state index contributed by atoms with van der Waals surface area (Å²) in [6, 6.07) is 6.29. The average molecular weight is 473 g/mol. The molecule has 3 N–H and O–H groups in total. The highest BCUT2D eigenvalue weighted by molar-refractivity contribution is 6.00. The smallest absolute Gasteiger partial charge is 0.278 e. The van der Waals surface area contributed by atoms with Crippen molar-refractivity contribution in [3.63, 3.8) is 0 Å². The minimum atomic E-state index is -2.95. The topological polar surface area (TPSA) is 121 Å². The van der Waals surface area contributed by atoms with Crippen LogP contribution in [0, 0.1) is 0 Å². The summed E-state index contributed by atoms with van der Waals surface area (Å²) in [5.74, 6) is -3.36. The Hall–Kier alpha value is -3.76. The summed E-state index contributed by atoms with van der Waals surface area (Å²) in [6.07, 6.45) is 7.04. The number of hydrogen-bond donors (Lipinski definition) is 2. The fraction of sp³-hybridized carbons (Fsp3) is 0.391. The molecular formula is C23H25F2N5O4. The zero-order chi connectivity index (χ0) is 24.3. The van der Waals surface area contributed by atoms with E-state index in [2.05, 4.69) is 15.4 Å². The minimum Gasteiger partial charge on any atom is -0.486 e. The van der Waals surface area contributed by atoms with Gasteiger partial charge in [-0.15, -0.1) is 0 Å². The highest BCUT2D eigenvalue weighted by Crippen LogP contribution is 2.25. The quantitative estimate of drug-likeness (QED) is 0.519. The van der Waals surface area contributed by atoms with Crippen molar-refractivity contribution in [2.75, 3.05) is 6.61 Å². The van der Waals surface area contributed by atoms with E-state index in [4.69, 9.17) is 15.2 Å². The van der Waals surface area contributed by atoms with Crippen LogP contribution in [0.15, 0.2) is 42.9 Å². The third kappa shape index (κ3) is 5.59. The van der Waals surface area contributed by atoms with Crippen LogP contribution >= 0.6 is 0 Å². The van der Waals surface area contributed by atoms with Crippen molar-refractivity contribution < 1.29 is 27.8 Å². The molecule has 1 saturated carbocycles. The molecule has 0 unspecified atom stereocenters. The minimum absolute atomic E-state index is 0.0453. The first-order valence-corrected chi connectivity index (χ1v) is 10.9. The van der Waals surface area contributed by atoms with Crippen LogP contribution in [-0.4, -0.2) is 51.1 Å². The Morgan fingerprint density at radius 3 is 2.68 bits per heavy atom. The second-order valence-electron chi connectivity index (χ2n) is 8.40. The molecule has 0 aromatic carbocycles. The fourth-order valence-electron chi connectivity index (χ4n) is 3.85. The lowest BCUT2D eigenvalue weighted by atomic mass is 9.92. The molecule has 2 amide bonds. The second kappa shape index (κ2) is 9.62. The Morgan fingerprint density at radius 2 is 1.97 bits per heavy atom. The Bertz CT molecular complexity index is 1190. The predicted molar refractivity (Wildman–Crippen MR) is 118 cm³/mol. The van der Waals surface area contributed by atoms with E-state index < -0.39 is 18.4 Å². The van der Waals surface area contributed by atoms with Crippen LogP contribution in [0.25, 0.3) is 5.52 Å². The average Bonchev–Trinajstić information content (AvgIpc) is 3.22. The van der Waals surface area contributed by atoms with Crippen LogP contribution < -0.4 is 20.5 Å². The normalized spacial score (nSPS) is 18.4. The molecule has 0 radical (unpaired) electrons. The Balaban J connectivity index is 1.33. The number of ether oxygens (including phenoxy) is 2. The fourth-order valence-corrected chi connectivity index (χ4v) is 3.85. The van der Waals surface area contributed by atoms with Crippen molar-refractivity contribution in [1.82, 2.24) is 19.9 Å². The van der Waals surface area contributed by atoms with Gasteiger partial charge in [-0.05, 0) is 49.9 Å². The number of alkyl halides is 2. The molecular weight excluding hydrogens is 448 g/mol. The van der Waals surface area contributed by atoms with E-state index in [1.165, 1.54) is 29.2 Å². The molecule has 3 aromatic heterocycles. The van der Waals surface area contributed by atoms with Gasteiger partial charge in [0, 0.05) is 19.2 Å². The molecule has 9 nitrogen and oxygen atoms in total. The van der Waals surface area contributed by atoms with Gasteiger partial charge in [-0.2, -0.15) is 5.10 Å². The van der Waals surface area contributed by atoms with E-state index in [0.717, 1.165) is 6.92 Å². The molecule has 0 atom stereocenters. The first-order chi connectivity index (χ1) is 16.2. The number of nitrogens with one attached hydrogen (secondary N) is 1. The molecule has 34 heavy (non-hydrogen) atoms. The lowest BCUT2D eigenvalue weighted by Gasteiger charge is -2.29. The third-order valence-corrected chi connectivity index (χ3v) is 5.55. The number of nitrogens with zero attached hydrogens (tertiary/aromatic N) is 3. The van der Waals surface area contributed by atoms with Crippen molar-refractivity contribution >= 4 is 17.3 Å². The first-order valence-electron chi connectivity index (χ1n) is 10.9. The van der Waals surface area contributed by atoms with Crippen LogP contribution in [0.1, 0.15) is 53.3 Å². The Kier molecular flexibility index (Phi) is 6.62. The zero-order valence-electron chi connectivity index (χ0n) is 18.5. The van der Waals surface area contributed by atoms with Crippen LogP contribution in [0.5, 0.6) is 11.6 Å². The molecule has 1 fully saturated rings. The summed E-state index contributed by atoms with van der Waals surface area (Å²) in [5, 5.41) is 7.16. The molecule has 0 bridgehead atoms. The largest absolute Gasteiger partial charge is 0.486 e. The third-order valence-electron chi connectivity index (χ3n) is 5.55. The number of carbonyl (C=O) groups excluding carboxylic acids is 2. The van der Waals surface area contributed by atoms with E-state index in [1.807, 2.05) is 0 Å². The number of nitrogens with two attached hydrogens (primary N) is 1. The van der Waals surface area contributed by atoms with Gasteiger partial charge in [0.25, 0.3) is 17.7 Å². The van der Waals surface area contributed by atoms with Gasteiger partial charge >= 0.3 is 0 Å². The van der Waals surface area contributed by atoms with Gasteiger partial charge < -0.3 is 20.5 Å². The number of carbonyl (C=O) groups is 2. The van der Waals surface area contributed by atoms with Crippen molar-refractivity contribution in [3.05, 3.63) is 54.0 Å². The van der Waals surface area contributed by atoms with Crippen LogP contribution in [0.2, 0.25) is 0 Å². The molecule has 4 rings (SSSR count). The van der Waals surface area contributed by atoms with Gasteiger partial charge in [-0.3, -0.25) is 9.59 Å². The molecule has 1 aliphatic rings. The maximum atomic E-state index is 13.0. The summed E-state index contributed by atoms with van der Waals surface area (Å²) < 4.78 is 38.4. The summed E-state index contributed by atoms with van der Waals surface area (Å²) in [6.45, 7) is 0.0298. The van der Waals surface area contributed by atoms with Gasteiger partial charge in [0.05, 0.1) is 23.5 Å². The van der Waals surface area contributed by atoms with Gasteiger partial charge in [0.15, 0.2) is 6.61 Å².